The Morgan fingerprint density at radius 1 is 1.30 bits per heavy atom. The van der Waals surface area contributed by atoms with Gasteiger partial charge in [-0.25, -0.2) is 0 Å². The van der Waals surface area contributed by atoms with E-state index in [-0.39, 0.29) is 12.2 Å². The first kappa shape index (κ1) is 7.98. The van der Waals surface area contributed by atoms with Gasteiger partial charge in [-0.2, -0.15) is 0 Å². The number of hydrogen-bond donors (Lipinski definition) is 2. The molecule has 0 bridgehead atoms. The van der Waals surface area contributed by atoms with Crippen molar-refractivity contribution in [1.82, 2.24) is 0 Å². The van der Waals surface area contributed by atoms with E-state index >= 15 is 0 Å². The number of ether oxygens (including phenoxy) is 1. The molecule has 0 aliphatic carbocycles. The van der Waals surface area contributed by atoms with E-state index in [9.17, 15) is 10.2 Å². The Balaban J connectivity index is 2.49. The van der Waals surface area contributed by atoms with Gasteiger partial charge in [0.05, 0.1) is 18.3 Å². The Bertz CT molecular complexity index is 103. The zero-order valence-corrected chi connectivity index (χ0v) is 6.32. The lowest BCUT2D eigenvalue weighted by Gasteiger charge is -2.33. The lowest BCUT2D eigenvalue weighted by Crippen LogP contribution is -2.45. The Morgan fingerprint density at radius 2 is 1.90 bits per heavy atom. The van der Waals surface area contributed by atoms with Gasteiger partial charge in [-0.05, 0) is 13.8 Å². The molecule has 2 N–H and O–H groups in total. The molecule has 1 rings (SSSR count). The summed E-state index contributed by atoms with van der Waals surface area (Å²) in [7, 11) is 0. The molecular formula is C7H14O3. The number of hydrogen-bond acceptors (Lipinski definition) is 3. The Hall–Kier alpha value is -0.120. The summed E-state index contributed by atoms with van der Waals surface area (Å²) < 4.78 is 5.26. The van der Waals surface area contributed by atoms with Gasteiger partial charge in [0.2, 0.25) is 0 Å². The van der Waals surface area contributed by atoms with Crippen LogP contribution in [0.4, 0.5) is 0 Å². The van der Waals surface area contributed by atoms with Crippen LogP contribution in [0.15, 0.2) is 0 Å². The van der Waals surface area contributed by atoms with E-state index in [1.54, 1.807) is 6.92 Å². The van der Waals surface area contributed by atoms with Crippen LogP contribution in [0.1, 0.15) is 20.3 Å². The van der Waals surface area contributed by atoms with Crippen LogP contribution in [0.5, 0.6) is 0 Å². The minimum absolute atomic E-state index is 0.0633. The Morgan fingerprint density at radius 3 is 2.40 bits per heavy atom. The van der Waals surface area contributed by atoms with E-state index < -0.39 is 12.2 Å². The summed E-state index contributed by atoms with van der Waals surface area (Å²) >= 11 is 0. The molecule has 60 valence electrons. The molecule has 3 nitrogen and oxygen atoms in total. The topological polar surface area (TPSA) is 49.7 Å². The van der Waals surface area contributed by atoms with Crippen LogP contribution in [-0.2, 0) is 4.74 Å². The summed E-state index contributed by atoms with van der Waals surface area (Å²) in [6, 6.07) is 0. The van der Waals surface area contributed by atoms with Gasteiger partial charge in [-0.15, -0.1) is 0 Å². The van der Waals surface area contributed by atoms with Crippen LogP contribution >= 0.6 is 0 Å². The molecule has 1 aliphatic heterocycles. The predicted octanol–water partition coefficient (Wildman–Crippen LogP) is -0.0945. The highest BCUT2D eigenvalue weighted by Crippen LogP contribution is 2.19. The summed E-state index contributed by atoms with van der Waals surface area (Å²) in [6.07, 6.45) is -0.965. The number of aliphatic hydroxyl groups is 2. The third-order valence-electron chi connectivity index (χ3n) is 1.90. The molecule has 2 unspecified atom stereocenters. The fraction of sp³-hybridized carbons (Fsp3) is 1.00. The fourth-order valence-electron chi connectivity index (χ4n) is 1.29. The molecule has 0 saturated carbocycles. The molecule has 10 heavy (non-hydrogen) atoms. The molecule has 0 spiro atoms. The Labute approximate surface area is 60.6 Å². The largest absolute Gasteiger partial charge is 0.390 e. The van der Waals surface area contributed by atoms with E-state index in [1.165, 1.54) is 0 Å². The Kier molecular flexibility index (Phi) is 2.28. The normalized spacial score (nSPS) is 49.2. The van der Waals surface area contributed by atoms with Gasteiger partial charge >= 0.3 is 0 Å². The number of rotatable bonds is 0. The maximum atomic E-state index is 9.19. The molecule has 3 heteroatoms. The van der Waals surface area contributed by atoms with Crippen molar-refractivity contribution in [2.45, 2.75) is 44.7 Å². The van der Waals surface area contributed by atoms with Crippen molar-refractivity contribution < 1.29 is 14.9 Å². The molecule has 0 radical (unpaired) electrons. The molecule has 1 heterocycles. The first-order valence-corrected chi connectivity index (χ1v) is 3.63. The summed E-state index contributed by atoms with van der Waals surface area (Å²) in [4.78, 5) is 0. The van der Waals surface area contributed by atoms with E-state index in [0.29, 0.717) is 6.42 Å². The minimum Gasteiger partial charge on any atom is -0.390 e. The van der Waals surface area contributed by atoms with Gasteiger partial charge in [0.15, 0.2) is 0 Å². The average Bonchev–Trinajstić information content (AvgIpc) is 1.82. The van der Waals surface area contributed by atoms with Gasteiger partial charge in [0, 0.05) is 6.42 Å². The molecule has 1 saturated heterocycles. The van der Waals surface area contributed by atoms with Crippen molar-refractivity contribution in [2.24, 2.45) is 0 Å². The first-order valence-electron chi connectivity index (χ1n) is 3.63. The molecule has 1 aliphatic rings. The van der Waals surface area contributed by atoms with Gasteiger partial charge in [0.25, 0.3) is 0 Å². The van der Waals surface area contributed by atoms with Crippen LogP contribution in [0, 0.1) is 0 Å². The number of aliphatic hydroxyl groups excluding tert-OH is 2. The molecule has 0 aromatic heterocycles. The SMILES string of the molecule is CC1CC(O)[C@@H](O)[C@H](C)O1. The lowest BCUT2D eigenvalue weighted by atomic mass is 10.00. The van der Waals surface area contributed by atoms with Crippen molar-refractivity contribution in [3.05, 3.63) is 0 Å². The predicted molar refractivity (Wildman–Crippen MR) is 36.6 cm³/mol. The first-order chi connectivity index (χ1) is 4.61. The van der Waals surface area contributed by atoms with Gasteiger partial charge in [-0.3, -0.25) is 0 Å². The zero-order valence-electron chi connectivity index (χ0n) is 6.32. The monoisotopic (exact) mass is 146 g/mol. The summed E-state index contributed by atoms with van der Waals surface area (Å²) in [5.41, 5.74) is 0. The molecule has 0 aromatic rings. The lowest BCUT2D eigenvalue weighted by molar-refractivity contribution is -0.156. The molecule has 0 aromatic carbocycles. The highest BCUT2D eigenvalue weighted by atomic mass is 16.5. The van der Waals surface area contributed by atoms with Gasteiger partial charge < -0.3 is 14.9 Å². The fourth-order valence-corrected chi connectivity index (χ4v) is 1.29. The third-order valence-corrected chi connectivity index (χ3v) is 1.90. The molecule has 1 fully saturated rings. The standard InChI is InChI=1S/C7H14O3/c1-4-3-6(8)7(9)5(2)10-4/h4-9H,3H2,1-2H3/t4?,5-,6?,7-/m0/s1. The van der Waals surface area contributed by atoms with Crippen LogP contribution in [0.25, 0.3) is 0 Å². The highest BCUT2D eigenvalue weighted by molar-refractivity contribution is 4.80. The zero-order chi connectivity index (χ0) is 7.72. The van der Waals surface area contributed by atoms with E-state index in [4.69, 9.17) is 4.74 Å². The van der Waals surface area contributed by atoms with Crippen LogP contribution in [-0.4, -0.2) is 34.6 Å². The average molecular weight is 146 g/mol. The molecular weight excluding hydrogens is 132 g/mol. The van der Waals surface area contributed by atoms with Crippen molar-refractivity contribution >= 4 is 0 Å². The van der Waals surface area contributed by atoms with Crippen molar-refractivity contribution in [3.8, 4) is 0 Å². The summed E-state index contributed by atoms with van der Waals surface area (Å²) in [5, 5.41) is 18.4. The van der Waals surface area contributed by atoms with Crippen molar-refractivity contribution in [2.75, 3.05) is 0 Å². The van der Waals surface area contributed by atoms with Crippen molar-refractivity contribution in [1.29, 1.82) is 0 Å². The summed E-state index contributed by atoms with van der Waals surface area (Å²) in [6.45, 7) is 3.66. The summed E-state index contributed by atoms with van der Waals surface area (Å²) in [5.74, 6) is 0. The van der Waals surface area contributed by atoms with Crippen LogP contribution in [0.3, 0.4) is 0 Å². The highest BCUT2D eigenvalue weighted by Gasteiger charge is 2.31. The van der Waals surface area contributed by atoms with Crippen LogP contribution < -0.4 is 0 Å². The maximum Gasteiger partial charge on any atom is 0.106 e. The quantitative estimate of drug-likeness (QED) is 0.502. The van der Waals surface area contributed by atoms with Gasteiger partial charge in [0.1, 0.15) is 6.10 Å². The van der Waals surface area contributed by atoms with E-state index in [0.717, 1.165) is 0 Å². The second kappa shape index (κ2) is 2.86. The molecule has 0 amide bonds. The maximum absolute atomic E-state index is 9.19. The van der Waals surface area contributed by atoms with Gasteiger partial charge in [-0.1, -0.05) is 0 Å². The van der Waals surface area contributed by atoms with E-state index in [1.807, 2.05) is 6.92 Å². The van der Waals surface area contributed by atoms with Crippen LogP contribution in [0.2, 0.25) is 0 Å². The second-order valence-electron chi connectivity index (χ2n) is 2.95. The molecule has 4 atom stereocenters. The second-order valence-corrected chi connectivity index (χ2v) is 2.95. The minimum atomic E-state index is -0.712. The smallest absolute Gasteiger partial charge is 0.106 e. The van der Waals surface area contributed by atoms with Crippen molar-refractivity contribution in [3.63, 3.8) is 0 Å². The van der Waals surface area contributed by atoms with E-state index in [2.05, 4.69) is 0 Å². The third kappa shape index (κ3) is 1.48.